The lowest BCUT2D eigenvalue weighted by Crippen LogP contribution is -2.10. The first-order chi connectivity index (χ1) is 9.90. The fourth-order valence-corrected chi connectivity index (χ4v) is 2.48. The maximum absolute atomic E-state index is 6.02. The normalized spacial score (nSPS) is 11.5. The van der Waals surface area contributed by atoms with Crippen molar-refractivity contribution in [2.24, 2.45) is 5.73 Å². The van der Waals surface area contributed by atoms with Crippen LogP contribution in [0.25, 0.3) is 0 Å². The lowest BCUT2D eigenvalue weighted by molar-refractivity contribution is 0.474. The molecule has 0 radical (unpaired) electrons. The summed E-state index contributed by atoms with van der Waals surface area (Å²) < 4.78 is 7.03. The maximum atomic E-state index is 6.02. The largest absolute Gasteiger partial charge is 0.457 e. The maximum Gasteiger partial charge on any atom is 0.131 e. The Bertz CT molecular complexity index is 600. The van der Waals surface area contributed by atoms with Crippen molar-refractivity contribution in [2.75, 3.05) is 6.54 Å². The molecule has 0 heterocycles. The Balaban J connectivity index is 2.23. The third-order valence-corrected chi connectivity index (χ3v) is 3.88. The fourth-order valence-electron chi connectivity index (χ4n) is 2.14. The SMILES string of the molecule is CC(C)(C)c1ccc(Oc2cc(Br)ccc2CCN)cc1. The summed E-state index contributed by atoms with van der Waals surface area (Å²) in [4.78, 5) is 0. The van der Waals surface area contributed by atoms with E-state index in [1.54, 1.807) is 0 Å². The number of benzene rings is 2. The molecule has 0 saturated carbocycles. The minimum absolute atomic E-state index is 0.152. The van der Waals surface area contributed by atoms with Gasteiger partial charge in [0.05, 0.1) is 0 Å². The van der Waals surface area contributed by atoms with Crippen molar-refractivity contribution in [1.29, 1.82) is 0 Å². The average molecular weight is 348 g/mol. The number of ether oxygens (including phenoxy) is 1. The van der Waals surface area contributed by atoms with E-state index in [2.05, 4.69) is 54.9 Å². The zero-order valence-electron chi connectivity index (χ0n) is 12.8. The van der Waals surface area contributed by atoms with Gasteiger partial charge in [-0.25, -0.2) is 0 Å². The second kappa shape index (κ2) is 6.63. The van der Waals surface area contributed by atoms with Crippen molar-refractivity contribution in [2.45, 2.75) is 32.6 Å². The lowest BCUT2D eigenvalue weighted by atomic mass is 9.87. The van der Waals surface area contributed by atoms with Crippen LogP contribution >= 0.6 is 15.9 Å². The molecule has 0 aliphatic carbocycles. The Hall–Kier alpha value is -1.32. The summed E-state index contributed by atoms with van der Waals surface area (Å²) in [6.07, 6.45) is 0.808. The Morgan fingerprint density at radius 2 is 1.71 bits per heavy atom. The van der Waals surface area contributed by atoms with Gasteiger partial charge in [-0.05, 0) is 53.8 Å². The predicted octanol–water partition coefficient (Wildman–Crippen LogP) is 5.04. The van der Waals surface area contributed by atoms with Crippen LogP contribution in [0.4, 0.5) is 0 Å². The van der Waals surface area contributed by atoms with Crippen molar-refractivity contribution in [1.82, 2.24) is 0 Å². The van der Waals surface area contributed by atoms with Gasteiger partial charge in [-0.2, -0.15) is 0 Å². The van der Waals surface area contributed by atoms with E-state index in [1.807, 2.05) is 24.3 Å². The van der Waals surface area contributed by atoms with Crippen molar-refractivity contribution < 1.29 is 4.74 Å². The molecule has 0 saturated heterocycles. The zero-order chi connectivity index (χ0) is 15.5. The first-order valence-corrected chi connectivity index (χ1v) is 7.96. The average Bonchev–Trinajstić information content (AvgIpc) is 2.42. The summed E-state index contributed by atoms with van der Waals surface area (Å²) in [5.74, 6) is 1.71. The second-order valence-electron chi connectivity index (χ2n) is 6.17. The van der Waals surface area contributed by atoms with Gasteiger partial charge in [0.25, 0.3) is 0 Å². The third kappa shape index (κ3) is 4.32. The van der Waals surface area contributed by atoms with Crippen LogP contribution in [0, 0.1) is 0 Å². The number of hydrogen-bond acceptors (Lipinski definition) is 2. The molecule has 0 bridgehead atoms. The van der Waals surface area contributed by atoms with Crippen LogP contribution in [0.15, 0.2) is 46.9 Å². The summed E-state index contributed by atoms with van der Waals surface area (Å²) in [6, 6.07) is 14.3. The first-order valence-electron chi connectivity index (χ1n) is 7.17. The van der Waals surface area contributed by atoms with Crippen LogP contribution in [0.3, 0.4) is 0 Å². The van der Waals surface area contributed by atoms with E-state index in [4.69, 9.17) is 10.5 Å². The number of nitrogens with two attached hydrogens (primary N) is 1. The molecule has 0 atom stereocenters. The van der Waals surface area contributed by atoms with Gasteiger partial charge >= 0.3 is 0 Å². The monoisotopic (exact) mass is 347 g/mol. The van der Waals surface area contributed by atoms with E-state index < -0.39 is 0 Å². The minimum atomic E-state index is 0.152. The molecule has 0 aliphatic heterocycles. The molecule has 2 nitrogen and oxygen atoms in total. The molecule has 2 aromatic carbocycles. The molecule has 0 aliphatic rings. The van der Waals surface area contributed by atoms with E-state index in [0.29, 0.717) is 6.54 Å². The lowest BCUT2D eigenvalue weighted by Gasteiger charge is -2.19. The summed E-state index contributed by atoms with van der Waals surface area (Å²) in [5, 5.41) is 0. The summed E-state index contributed by atoms with van der Waals surface area (Å²) in [5.41, 5.74) is 8.24. The molecule has 0 aromatic heterocycles. The molecule has 2 aromatic rings. The van der Waals surface area contributed by atoms with Crippen LogP contribution in [0.5, 0.6) is 11.5 Å². The Morgan fingerprint density at radius 1 is 1.05 bits per heavy atom. The Morgan fingerprint density at radius 3 is 2.29 bits per heavy atom. The highest BCUT2D eigenvalue weighted by Crippen LogP contribution is 2.30. The van der Waals surface area contributed by atoms with E-state index in [9.17, 15) is 0 Å². The summed E-state index contributed by atoms with van der Waals surface area (Å²) in [6.45, 7) is 7.23. The fraction of sp³-hybridized carbons (Fsp3) is 0.333. The molecule has 3 heteroatoms. The van der Waals surface area contributed by atoms with Gasteiger partial charge in [-0.15, -0.1) is 0 Å². The van der Waals surface area contributed by atoms with E-state index in [-0.39, 0.29) is 5.41 Å². The quantitative estimate of drug-likeness (QED) is 0.840. The topological polar surface area (TPSA) is 35.2 Å². The zero-order valence-corrected chi connectivity index (χ0v) is 14.4. The van der Waals surface area contributed by atoms with Crippen LogP contribution in [0.2, 0.25) is 0 Å². The van der Waals surface area contributed by atoms with Crippen LogP contribution in [-0.4, -0.2) is 6.54 Å². The number of halogens is 1. The molecule has 112 valence electrons. The standard InChI is InChI=1S/C18H22BrNO/c1-18(2,3)14-5-8-16(9-6-14)21-17-12-15(19)7-4-13(17)10-11-20/h4-9,12H,10-11,20H2,1-3H3. The Labute approximate surface area is 135 Å². The second-order valence-corrected chi connectivity index (χ2v) is 7.08. The number of hydrogen-bond donors (Lipinski definition) is 1. The summed E-state index contributed by atoms with van der Waals surface area (Å²) in [7, 11) is 0. The third-order valence-electron chi connectivity index (χ3n) is 3.39. The van der Waals surface area contributed by atoms with Crippen molar-refractivity contribution >= 4 is 15.9 Å². The van der Waals surface area contributed by atoms with Crippen LogP contribution < -0.4 is 10.5 Å². The Kier molecular flexibility index (Phi) is 5.07. The van der Waals surface area contributed by atoms with E-state index >= 15 is 0 Å². The predicted molar refractivity (Wildman–Crippen MR) is 92.1 cm³/mol. The highest BCUT2D eigenvalue weighted by molar-refractivity contribution is 9.10. The number of rotatable bonds is 4. The van der Waals surface area contributed by atoms with Gasteiger partial charge in [0.2, 0.25) is 0 Å². The molecular formula is C18H22BrNO. The molecule has 2 rings (SSSR count). The molecule has 0 unspecified atom stereocenters. The van der Waals surface area contributed by atoms with Gasteiger partial charge < -0.3 is 10.5 Å². The first kappa shape index (κ1) is 16.1. The highest BCUT2D eigenvalue weighted by atomic mass is 79.9. The van der Waals surface area contributed by atoms with Gasteiger partial charge in [-0.1, -0.05) is 54.9 Å². The van der Waals surface area contributed by atoms with Gasteiger partial charge in [0.1, 0.15) is 11.5 Å². The van der Waals surface area contributed by atoms with Crippen LogP contribution in [-0.2, 0) is 11.8 Å². The molecule has 2 N–H and O–H groups in total. The van der Waals surface area contributed by atoms with Crippen molar-refractivity contribution in [3.63, 3.8) is 0 Å². The molecular weight excluding hydrogens is 326 g/mol. The van der Waals surface area contributed by atoms with Gasteiger partial charge in [-0.3, -0.25) is 0 Å². The minimum Gasteiger partial charge on any atom is -0.457 e. The molecule has 0 amide bonds. The van der Waals surface area contributed by atoms with Crippen molar-refractivity contribution in [3.8, 4) is 11.5 Å². The summed E-state index contributed by atoms with van der Waals surface area (Å²) >= 11 is 3.49. The smallest absolute Gasteiger partial charge is 0.131 e. The molecule has 0 spiro atoms. The highest BCUT2D eigenvalue weighted by Gasteiger charge is 2.13. The van der Waals surface area contributed by atoms with E-state index in [0.717, 1.165) is 28.0 Å². The molecule has 0 fully saturated rings. The van der Waals surface area contributed by atoms with E-state index in [1.165, 1.54) is 5.56 Å². The van der Waals surface area contributed by atoms with Crippen molar-refractivity contribution in [3.05, 3.63) is 58.1 Å². The van der Waals surface area contributed by atoms with Gasteiger partial charge in [0, 0.05) is 4.47 Å². The van der Waals surface area contributed by atoms with Gasteiger partial charge in [0.15, 0.2) is 0 Å². The van der Waals surface area contributed by atoms with Crippen LogP contribution in [0.1, 0.15) is 31.9 Å². The molecule has 21 heavy (non-hydrogen) atoms.